The molecule has 2 heterocycles. The van der Waals surface area contributed by atoms with Gasteiger partial charge >= 0.3 is 0 Å². The number of hydrogen-bond acceptors (Lipinski definition) is 7. The number of anilines is 2. The number of hydrogen-bond donors (Lipinski definition) is 4. The fourth-order valence-corrected chi connectivity index (χ4v) is 6.26. The van der Waals surface area contributed by atoms with E-state index in [0.717, 1.165) is 36.4 Å². The minimum absolute atomic E-state index is 0.307. The van der Waals surface area contributed by atoms with Gasteiger partial charge in [0.2, 0.25) is 0 Å². The van der Waals surface area contributed by atoms with Crippen LogP contribution in [0.25, 0.3) is 10.9 Å². The number of pyridine rings is 1. The van der Waals surface area contributed by atoms with Crippen LogP contribution in [0.4, 0.5) is 15.8 Å². The first kappa shape index (κ1) is 23.4. The second-order valence-electron chi connectivity index (χ2n) is 11.3. The van der Waals surface area contributed by atoms with Gasteiger partial charge in [-0.3, -0.25) is 9.99 Å². The molecule has 39 heavy (non-hydrogen) atoms. The van der Waals surface area contributed by atoms with E-state index in [9.17, 15) is 11.0 Å². The van der Waals surface area contributed by atoms with Crippen molar-refractivity contribution in [1.82, 2.24) is 21.0 Å². The van der Waals surface area contributed by atoms with Crippen LogP contribution in [0.5, 0.6) is 0 Å². The highest BCUT2D eigenvalue weighted by atomic mass is 35.5. The summed E-state index contributed by atoms with van der Waals surface area (Å²) in [5.41, 5.74) is 10.1. The standard InChI is InChI=1S/C30H31ClFN7/c31-25-13-22(36-28(18-2-6-21(32)7-3-18)26-16-39(38-37-26)23-8-9-23)12-24-27(19(14-33)15-34-29(24)25)35-17-30(10-1-11-30)20-4-5-20/h2-3,6-7,12-13,15-16,20,23,28,36-38H,1,4-5,8-11,17H2,(H,34,35)/i28D. The summed E-state index contributed by atoms with van der Waals surface area (Å²) in [5.74, 6) is 0.399. The molecule has 3 aliphatic carbocycles. The highest BCUT2D eigenvalue weighted by Crippen LogP contribution is 2.57. The van der Waals surface area contributed by atoms with Gasteiger partial charge in [-0.1, -0.05) is 30.2 Å². The fourth-order valence-electron chi connectivity index (χ4n) is 5.99. The predicted molar refractivity (Wildman–Crippen MR) is 151 cm³/mol. The van der Waals surface area contributed by atoms with Crippen molar-refractivity contribution in [3.8, 4) is 6.07 Å². The minimum atomic E-state index is -1.49. The molecule has 7 rings (SSSR count). The number of nitrogens with one attached hydrogen (secondary N) is 4. The van der Waals surface area contributed by atoms with E-state index in [0.29, 0.717) is 44.5 Å². The van der Waals surface area contributed by atoms with Gasteiger partial charge < -0.3 is 16.1 Å². The van der Waals surface area contributed by atoms with E-state index >= 15 is 0 Å². The molecular weight excluding hydrogens is 513 g/mol. The largest absolute Gasteiger partial charge is 0.383 e. The highest BCUT2D eigenvalue weighted by molar-refractivity contribution is 6.35. The van der Waals surface area contributed by atoms with Crippen molar-refractivity contribution in [3.63, 3.8) is 0 Å². The van der Waals surface area contributed by atoms with E-state index < -0.39 is 6.02 Å². The Labute approximate surface area is 233 Å². The molecule has 3 aromatic rings. The van der Waals surface area contributed by atoms with Crippen molar-refractivity contribution in [2.45, 2.75) is 57.0 Å². The second-order valence-corrected chi connectivity index (χ2v) is 11.7. The van der Waals surface area contributed by atoms with Crippen molar-refractivity contribution in [1.29, 1.82) is 5.26 Å². The molecule has 1 aliphatic heterocycles. The second kappa shape index (κ2) is 9.58. The summed E-state index contributed by atoms with van der Waals surface area (Å²) in [5, 5.41) is 20.1. The van der Waals surface area contributed by atoms with Gasteiger partial charge in [-0.25, -0.2) is 4.39 Å². The molecule has 1 aromatic heterocycles. The van der Waals surface area contributed by atoms with Gasteiger partial charge in [-0.15, -0.1) is 5.53 Å². The van der Waals surface area contributed by atoms with Crippen LogP contribution in [-0.2, 0) is 0 Å². The SMILES string of the molecule is [2H]C(Nc1cc(Cl)c2ncc(C#N)c(NCC3(C4CC4)CCC3)c2c1)(C1=CN(C2CC2)NN1)c1ccc(F)cc1. The van der Waals surface area contributed by atoms with Gasteiger partial charge in [0.15, 0.2) is 0 Å². The molecule has 1 unspecified atom stereocenters. The Morgan fingerprint density at radius 1 is 1.23 bits per heavy atom. The number of nitrogens with zero attached hydrogens (tertiary/aromatic N) is 3. The summed E-state index contributed by atoms with van der Waals surface area (Å²) in [4.78, 5) is 4.51. The Morgan fingerprint density at radius 2 is 2.03 bits per heavy atom. The minimum Gasteiger partial charge on any atom is -0.383 e. The van der Waals surface area contributed by atoms with Crippen LogP contribution in [0, 0.1) is 28.5 Å². The molecule has 4 N–H and O–H groups in total. The first-order valence-electron chi connectivity index (χ1n) is 14.2. The quantitative estimate of drug-likeness (QED) is 0.249. The zero-order valence-corrected chi connectivity index (χ0v) is 22.3. The van der Waals surface area contributed by atoms with Gasteiger partial charge in [0, 0.05) is 36.1 Å². The number of nitriles is 1. The summed E-state index contributed by atoms with van der Waals surface area (Å²) in [7, 11) is 0. The molecule has 0 amide bonds. The highest BCUT2D eigenvalue weighted by Gasteiger charge is 2.48. The Balaban J connectivity index is 1.28. The molecule has 0 saturated heterocycles. The lowest BCUT2D eigenvalue weighted by molar-refractivity contribution is 0.118. The Hall–Kier alpha value is -3.54. The van der Waals surface area contributed by atoms with Crippen molar-refractivity contribution < 1.29 is 5.76 Å². The first-order chi connectivity index (χ1) is 19.4. The van der Waals surface area contributed by atoms with Gasteiger partial charge in [0.05, 0.1) is 34.9 Å². The first-order valence-corrected chi connectivity index (χ1v) is 14.1. The van der Waals surface area contributed by atoms with E-state index in [2.05, 4.69) is 32.6 Å². The molecule has 3 fully saturated rings. The van der Waals surface area contributed by atoms with Crippen LogP contribution in [0.1, 0.15) is 63.5 Å². The monoisotopic (exact) mass is 544 g/mol. The number of rotatable bonds is 9. The van der Waals surface area contributed by atoms with Crippen LogP contribution < -0.4 is 21.6 Å². The number of fused-ring (bicyclic) bond motifs is 1. The van der Waals surface area contributed by atoms with E-state index in [1.165, 1.54) is 44.2 Å². The summed E-state index contributed by atoms with van der Waals surface area (Å²) in [6.07, 6.45) is 11.9. The van der Waals surface area contributed by atoms with Crippen molar-refractivity contribution in [3.05, 3.63) is 76.5 Å². The molecule has 0 bridgehead atoms. The summed E-state index contributed by atoms with van der Waals surface area (Å²) >= 11 is 6.77. The van der Waals surface area contributed by atoms with Crippen LogP contribution in [0.2, 0.25) is 5.02 Å². The molecular formula is C30H31ClFN7. The maximum atomic E-state index is 13.8. The predicted octanol–water partition coefficient (Wildman–Crippen LogP) is 6.37. The van der Waals surface area contributed by atoms with E-state index in [4.69, 9.17) is 11.6 Å². The average Bonchev–Trinajstić information content (AvgIpc) is 3.87. The van der Waals surface area contributed by atoms with E-state index in [1.54, 1.807) is 24.4 Å². The van der Waals surface area contributed by atoms with Gasteiger partial charge in [0.25, 0.3) is 0 Å². The lowest BCUT2D eigenvalue weighted by Crippen LogP contribution is -2.38. The molecule has 0 spiro atoms. The Morgan fingerprint density at radius 3 is 2.69 bits per heavy atom. The number of benzene rings is 2. The fraction of sp³-hybridized carbons (Fsp3) is 0.400. The maximum Gasteiger partial charge on any atom is 0.123 e. The van der Waals surface area contributed by atoms with Crippen molar-refractivity contribution in [2.75, 3.05) is 17.2 Å². The molecule has 2 aromatic carbocycles. The lowest BCUT2D eigenvalue weighted by Gasteiger charge is -2.43. The van der Waals surface area contributed by atoms with Crippen LogP contribution in [0.3, 0.4) is 0 Å². The average molecular weight is 545 g/mol. The Kier molecular flexibility index (Phi) is 5.74. The van der Waals surface area contributed by atoms with E-state index in [-0.39, 0.29) is 5.82 Å². The third-order valence-corrected chi connectivity index (χ3v) is 8.94. The summed E-state index contributed by atoms with van der Waals surface area (Å²) in [6, 6.07) is 10.8. The lowest BCUT2D eigenvalue weighted by atomic mass is 9.65. The van der Waals surface area contributed by atoms with Crippen molar-refractivity contribution in [2.24, 2.45) is 11.3 Å². The third kappa shape index (κ3) is 4.64. The molecule has 9 heteroatoms. The van der Waals surface area contributed by atoms with Crippen LogP contribution in [0.15, 0.2) is 54.5 Å². The van der Waals surface area contributed by atoms with Crippen molar-refractivity contribution >= 4 is 33.9 Å². The zero-order valence-electron chi connectivity index (χ0n) is 22.5. The number of hydrazine groups is 2. The summed E-state index contributed by atoms with van der Waals surface area (Å²) < 4.78 is 23.5. The molecule has 0 radical (unpaired) electrons. The van der Waals surface area contributed by atoms with Gasteiger partial charge in [-0.05, 0) is 79.7 Å². The van der Waals surface area contributed by atoms with Crippen LogP contribution >= 0.6 is 11.6 Å². The molecule has 3 saturated carbocycles. The molecule has 200 valence electrons. The van der Waals surface area contributed by atoms with Crippen LogP contribution in [-0.4, -0.2) is 22.6 Å². The number of aromatic nitrogens is 1. The molecule has 4 aliphatic rings. The van der Waals surface area contributed by atoms with E-state index in [1.807, 2.05) is 17.3 Å². The maximum absolute atomic E-state index is 13.8. The van der Waals surface area contributed by atoms with Gasteiger partial charge in [-0.2, -0.15) is 5.26 Å². The molecule has 1 atom stereocenters. The Bertz CT molecular complexity index is 1540. The smallest absolute Gasteiger partial charge is 0.123 e. The topological polar surface area (TPSA) is 88.0 Å². The third-order valence-electron chi connectivity index (χ3n) is 8.65. The van der Waals surface area contributed by atoms with Gasteiger partial charge in [0.1, 0.15) is 11.9 Å². The number of halogens is 2. The zero-order chi connectivity index (χ0) is 27.5. The molecule has 7 nitrogen and oxygen atoms in total. The normalized spacial score (nSPS) is 21.7. The summed E-state index contributed by atoms with van der Waals surface area (Å²) in [6.45, 7) is 0.818.